The predicted molar refractivity (Wildman–Crippen MR) is 354 cm³/mol. The molecule has 0 fully saturated rings. The highest BCUT2D eigenvalue weighted by Crippen LogP contribution is 2.45. The molecule has 0 amide bonds. The van der Waals surface area contributed by atoms with Gasteiger partial charge in [-0.1, -0.05) is 298 Å². The van der Waals surface area contributed by atoms with E-state index < -0.39 is 97.5 Å². The van der Waals surface area contributed by atoms with Gasteiger partial charge in [0.2, 0.25) is 0 Å². The van der Waals surface area contributed by atoms with Gasteiger partial charge in [-0.05, 0) is 37.5 Å². The number of carbonyl (C=O) groups excluding carboxylic acids is 4. The van der Waals surface area contributed by atoms with Crippen molar-refractivity contribution in [1.82, 2.24) is 0 Å². The van der Waals surface area contributed by atoms with Crippen LogP contribution in [0, 0.1) is 11.8 Å². The molecule has 0 spiro atoms. The second-order valence-electron chi connectivity index (χ2n) is 25.6. The minimum absolute atomic E-state index is 0.105. The van der Waals surface area contributed by atoms with Crippen LogP contribution in [0.2, 0.25) is 0 Å². The minimum atomic E-state index is -4.95. The minimum Gasteiger partial charge on any atom is -0.462 e. The van der Waals surface area contributed by atoms with Gasteiger partial charge in [0.25, 0.3) is 0 Å². The summed E-state index contributed by atoms with van der Waals surface area (Å²) < 4.78 is 68.0. The van der Waals surface area contributed by atoms with E-state index in [0.717, 1.165) is 109 Å². The maximum atomic E-state index is 13.0. The van der Waals surface area contributed by atoms with Crippen molar-refractivity contribution in [2.45, 2.75) is 368 Å². The number of aliphatic hydroxyl groups excluding tert-OH is 1. The molecular weight excluding hydrogens is 1160 g/mol. The smallest absolute Gasteiger partial charge is 0.462 e. The normalized spacial score (nSPS) is 14.5. The molecule has 3 unspecified atom stereocenters. The Kier molecular flexibility index (Phi) is 59.9. The summed E-state index contributed by atoms with van der Waals surface area (Å²) in [4.78, 5) is 72.2. The van der Waals surface area contributed by atoms with Crippen LogP contribution in [-0.2, 0) is 65.4 Å². The first-order chi connectivity index (χ1) is 42.4. The molecule has 0 saturated carbocycles. The highest BCUT2D eigenvalue weighted by Gasteiger charge is 2.30. The molecule has 0 aliphatic heterocycles. The maximum absolute atomic E-state index is 13.0. The van der Waals surface area contributed by atoms with E-state index in [9.17, 15) is 43.2 Å². The van der Waals surface area contributed by atoms with E-state index in [-0.39, 0.29) is 25.7 Å². The van der Waals surface area contributed by atoms with Crippen molar-refractivity contribution >= 4 is 39.5 Å². The van der Waals surface area contributed by atoms with Crippen LogP contribution in [0.1, 0.15) is 350 Å². The molecule has 0 aliphatic rings. The van der Waals surface area contributed by atoms with Crippen LogP contribution < -0.4 is 0 Å². The van der Waals surface area contributed by atoms with Crippen molar-refractivity contribution < 1.29 is 80.2 Å². The van der Waals surface area contributed by atoms with Gasteiger partial charge in [-0.25, -0.2) is 9.13 Å². The molecule has 0 aromatic carbocycles. The molecule has 6 atom stereocenters. The predicted octanol–water partition coefficient (Wildman–Crippen LogP) is 19.6. The summed E-state index contributed by atoms with van der Waals surface area (Å²) >= 11 is 0. The fourth-order valence-corrected chi connectivity index (χ4v) is 12.0. The number of esters is 4. The van der Waals surface area contributed by atoms with Gasteiger partial charge in [-0.15, -0.1) is 0 Å². The lowest BCUT2D eigenvalue weighted by Crippen LogP contribution is -2.30. The zero-order valence-electron chi connectivity index (χ0n) is 57.0. The second-order valence-corrected chi connectivity index (χ2v) is 28.5. The number of ether oxygens (including phenoxy) is 4. The molecule has 0 saturated heterocycles. The van der Waals surface area contributed by atoms with E-state index in [1.807, 2.05) is 0 Å². The molecule has 0 aromatic rings. The SMILES string of the molecule is CCCCCCCCCCCC(=O)O[C@H](COC(=O)CCCCCCCCCC)COP(=O)(O)OC[C@H](O)COP(=O)(O)OC[C@@H](COC(=O)CCCCCCCCC(C)C)OC(=O)CCCCCCCCCCCCCCCCCCCCC(C)CC. The van der Waals surface area contributed by atoms with Crippen molar-refractivity contribution in [2.24, 2.45) is 11.8 Å². The maximum Gasteiger partial charge on any atom is 0.472 e. The number of rotatable bonds is 68. The first-order valence-electron chi connectivity index (χ1n) is 36.0. The Labute approximate surface area is 537 Å². The quantitative estimate of drug-likeness (QED) is 0.0222. The summed E-state index contributed by atoms with van der Waals surface area (Å²) in [5.74, 6) is -0.583. The van der Waals surface area contributed by atoms with E-state index in [0.29, 0.717) is 31.6 Å². The molecule has 0 aromatic heterocycles. The molecule has 88 heavy (non-hydrogen) atoms. The lowest BCUT2D eigenvalue weighted by atomic mass is 9.99. The molecule has 0 heterocycles. The molecule has 522 valence electrons. The second kappa shape index (κ2) is 61.3. The zero-order chi connectivity index (χ0) is 65.0. The summed E-state index contributed by atoms with van der Waals surface area (Å²) in [7, 11) is -9.89. The first-order valence-corrected chi connectivity index (χ1v) is 39.0. The molecule has 0 radical (unpaired) electrons. The molecule has 0 rings (SSSR count). The van der Waals surface area contributed by atoms with Crippen LogP contribution in [0.25, 0.3) is 0 Å². The van der Waals surface area contributed by atoms with Gasteiger partial charge in [0, 0.05) is 25.7 Å². The van der Waals surface area contributed by atoms with Crippen molar-refractivity contribution in [1.29, 1.82) is 0 Å². The third-order valence-electron chi connectivity index (χ3n) is 16.3. The third kappa shape index (κ3) is 61.6. The highest BCUT2D eigenvalue weighted by molar-refractivity contribution is 7.47. The summed E-state index contributed by atoms with van der Waals surface area (Å²) in [5.41, 5.74) is 0. The molecule has 3 N–H and O–H groups in total. The van der Waals surface area contributed by atoms with E-state index in [1.54, 1.807) is 0 Å². The number of phosphoric acid groups is 2. The van der Waals surface area contributed by atoms with E-state index in [4.69, 9.17) is 37.0 Å². The summed E-state index contributed by atoms with van der Waals surface area (Å²) in [6.45, 7) is 9.47. The van der Waals surface area contributed by atoms with Gasteiger partial charge in [-0.2, -0.15) is 0 Å². The number of unbranched alkanes of at least 4 members (excludes halogenated alkanes) is 37. The van der Waals surface area contributed by atoms with Gasteiger partial charge in [0.05, 0.1) is 26.4 Å². The fraction of sp³-hybridized carbons (Fsp3) is 0.942. The van der Waals surface area contributed by atoms with Gasteiger partial charge < -0.3 is 33.8 Å². The molecule has 0 aliphatic carbocycles. The molecule has 17 nitrogen and oxygen atoms in total. The van der Waals surface area contributed by atoms with E-state index in [1.165, 1.54) is 154 Å². The Balaban J connectivity index is 5.08. The number of hydrogen-bond donors (Lipinski definition) is 3. The topological polar surface area (TPSA) is 237 Å². The lowest BCUT2D eigenvalue weighted by Gasteiger charge is -2.21. The summed E-state index contributed by atoms with van der Waals surface area (Å²) in [6.07, 6.45) is 46.2. The van der Waals surface area contributed by atoms with Crippen LogP contribution >= 0.6 is 15.6 Å². The van der Waals surface area contributed by atoms with Crippen LogP contribution in [0.4, 0.5) is 0 Å². The first kappa shape index (κ1) is 86.1. The van der Waals surface area contributed by atoms with Crippen LogP contribution in [0.15, 0.2) is 0 Å². The molecular formula is C69H134O17P2. The van der Waals surface area contributed by atoms with Crippen molar-refractivity contribution in [3.8, 4) is 0 Å². The van der Waals surface area contributed by atoms with Crippen LogP contribution in [0.3, 0.4) is 0 Å². The number of carbonyl (C=O) groups is 4. The monoisotopic (exact) mass is 1300 g/mol. The van der Waals surface area contributed by atoms with Gasteiger partial charge in [0.15, 0.2) is 12.2 Å². The Hall–Kier alpha value is -1.94. The van der Waals surface area contributed by atoms with Crippen molar-refractivity contribution in [2.75, 3.05) is 39.6 Å². The van der Waals surface area contributed by atoms with Gasteiger partial charge in [-0.3, -0.25) is 37.3 Å². The standard InChI is InChI=1S/C69H134O17P2/c1-7-10-12-14-16-28-33-41-47-53-68(73)85-64(57-79-66(71)51-45-39-32-17-15-13-11-8-2)59-83-87(75,76)81-55-63(70)56-82-88(77,78)84-60-65(58-80-67(72)52-46-40-36-35-37-43-49-61(4)5)86-69(74)54-48-42-34-30-27-25-23-21-19-18-20-22-24-26-29-31-38-44-50-62(6)9-3/h61-65,70H,7-60H2,1-6H3,(H,75,76)(H,77,78)/t62?,63-,64+,65+/m0/s1. The van der Waals surface area contributed by atoms with E-state index >= 15 is 0 Å². The number of hydrogen-bond acceptors (Lipinski definition) is 15. The highest BCUT2D eigenvalue weighted by atomic mass is 31.2. The summed E-state index contributed by atoms with van der Waals surface area (Å²) in [5, 5.41) is 10.5. The Morgan fingerprint density at radius 3 is 0.864 bits per heavy atom. The van der Waals surface area contributed by atoms with Crippen LogP contribution in [0.5, 0.6) is 0 Å². The van der Waals surface area contributed by atoms with Gasteiger partial charge in [0.1, 0.15) is 19.3 Å². The molecule has 19 heteroatoms. The zero-order valence-corrected chi connectivity index (χ0v) is 58.8. The Bertz CT molecular complexity index is 1720. The fourth-order valence-electron chi connectivity index (χ4n) is 10.4. The lowest BCUT2D eigenvalue weighted by molar-refractivity contribution is -0.161. The summed E-state index contributed by atoms with van der Waals surface area (Å²) in [6, 6.07) is 0. The third-order valence-corrected chi connectivity index (χ3v) is 18.2. The number of aliphatic hydroxyl groups is 1. The Morgan fingerprint density at radius 1 is 0.330 bits per heavy atom. The van der Waals surface area contributed by atoms with Crippen molar-refractivity contribution in [3.63, 3.8) is 0 Å². The largest absolute Gasteiger partial charge is 0.472 e. The number of phosphoric ester groups is 2. The average Bonchev–Trinajstić information content (AvgIpc) is 3.61. The van der Waals surface area contributed by atoms with Gasteiger partial charge >= 0.3 is 39.5 Å². The Morgan fingerprint density at radius 2 is 0.580 bits per heavy atom. The van der Waals surface area contributed by atoms with E-state index in [2.05, 4.69) is 41.5 Å². The average molecular weight is 1300 g/mol. The van der Waals surface area contributed by atoms with Crippen molar-refractivity contribution in [3.05, 3.63) is 0 Å². The molecule has 0 bridgehead atoms. The van der Waals surface area contributed by atoms with Crippen LogP contribution in [-0.4, -0.2) is 96.7 Å².